The molecule has 0 bridgehead atoms. The molecule has 0 aliphatic heterocycles. The van der Waals surface area contributed by atoms with Crippen LogP contribution in [-0.2, 0) is 6.54 Å². The van der Waals surface area contributed by atoms with Crippen LogP contribution in [0.5, 0.6) is 0 Å². The molecule has 2 aromatic rings. The fraction of sp³-hybridized carbons (Fsp3) is 0.188. The fourth-order valence-electron chi connectivity index (χ4n) is 2.14. The minimum atomic E-state index is -0.524. The maximum Gasteiger partial charge on any atom is 0.289 e. The monoisotopic (exact) mass is 281 g/mol. The molecular weight excluding hydrogens is 266 g/mol. The molecule has 106 valence electrons. The number of hydrogen-bond donors (Lipinski definition) is 0. The SMILES string of the molecule is Cc1ccccc1CN(C)c1ccc(C#N)c([N+](=O)[O-])c1. The van der Waals surface area contributed by atoms with E-state index in [0.29, 0.717) is 12.2 Å². The topological polar surface area (TPSA) is 70.2 Å². The molecule has 0 heterocycles. The van der Waals surface area contributed by atoms with Gasteiger partial charge in [-0.1, -0.05) is 24.3 Å². The second kappa shape index (κ2) is 6.06. The van der Waals surface area contributed by atoms with E-state index in [1.54, 1.807) is 6.07 Å². The molecule has 0 atom stereocenters. The number of nitro benzene ring substituents is 1. The number of aryl methyl sites for hydroxylation is 1. The van der Waals surface area contributed by atoms with E-state index in [9.17, 15) is 10.1 Å². The molecule has 21 heavy (non-hydrogen) atoms. The van der Waals surface area contributed by atoms with Gasteiger partial charge in [-0.2, -0.15) is 5.26 Å². The number of hydrogen-bond acceptors (Lipinski definition) is 4. The van der Waals surface area contributed by atoms with Gasteiger partial charge in [-0.25, -0.2) is 0 Å². The lowest BCUT2D eigenvalue weighted by atomic mass is 10.1. The van der Waals surface area contributed by atoms with Gasteiger partial charge >= 0.3 is 0 Å². The molecule has 0 aliphatic rings. The summed E-state index contributed by atoms with van der Waals surface area (Å²) in [5.74, 6) is 0. The number of rotatable bonds is 4. The van der Waals surface area contributed by atoms with E-state index >= 15 is 0 Å². The second-order valence-corrected chi connectivity index (χ2v) is 4.85. The minimum absolute atomic E-state index is 0.0769. The summed E-state index contributed by atoms with van der Waals surface area (Å²) in [6.07, 6.45) is 0. The highest BCUT2D eigenvalue weighted by molar-refractivity contribution is 5.60. The van der Waals surface area contributed by atoms with Crippen molar-refractivity contribution in [1.29, 1.82) is 5.26 Å². The average Bonchev–Trinajstić information content (AvgIpc) is 2.48. The summed E-state index contributed by atoms with van der Waals surface area (Å²) in [6, 6.07) is 14.5. The van der Waals surface area contributed by atoms with Gasteiger partial charge in [0.05, 0.1) is 4.92 Å². The molecule has 0 spiro atoms. The Labute approximate surface area is 123 Å². The van der Waals surface area contributed by atoms with Crippen molar-refractivity contribution < 1.29 is 4.92 Å². The van der Waals surface area contributed by atoms with Crippen LogP contribution in [0.15, 0.2) is 42.5 Å². The van der Waals surface area contributed by atoms with Crippen LogP contribution in [0, 0.1) is 28.4 Å². The molecule has 0 amide bonds. The predicted octanol–water partition coefficient (Wildman–Crippen LogP) is 3.41. The van der Waals surface area contributed by atoms with Crippen LogP contribution in [0.3, 0.4) is 0 Å². The van der Waals surface area contributed by atoms with Crippen molar-refractivity contribution in [1.82, 2.24) is 0 Å². The van der Waals surface area contributed by atoms with E-state index in [-0.39, 0.29) is 11.3 Å². The molecule has 2 rings (SSSR count). The first kappa shape index (κ1) is 14.5. The number of nitriles is 1. The van der Waals surface area contributed by atoms with Gasteiger partial charge in [-0.15, -0.1) is 0 Å². The summed E-state index contributed by atoms with van der Waals surface area (Å²) in [5.41, 5.74) is 2.96. The van der Waals surface area contributed by atoms with E-state index in [4.69, 9.17) is 5.26 Å². The molecule has 0 aliphatic carbocycles. The van der Waals surface area contributed by atoms with Gasteiger partial charge in [-0.05, 0) is 30.2 Å². The Morgan fingerprint density at radius 1 is 1.29 bits per heavy atom. The van der Waals surface area contributed by atoms with Crippen LogP contribution in [0.2, 0.25) is 0 Å². The van der Waals surface area contributed by atoms with E-state index in [0.717, 1.165) is 5.56 Å². The predicted molar refractivity (Wildman–Crippen MR) is 81.1 cm³/mol. The van der Waals surface area contributed by atoms with Crippen LogP contribution in [0.25, 0.3) is 0 Å². The molecule has 0 saturated heterocycles. The van der Waals surface area contributed by atoms with Gasteiger partial charge in [0.2, 0.25) is 0 Å². The summed E-state index contributed by atoms with van der Waals surface area (Å²) in [4.78, 5) is 12.4. The standard InChI is InChI=1S/C16H15N3O2/c1-12-5-3-4-6-14(12)11-18(2)15-8-7-13(10-17)16(9-15)19(20)21/h3-9H,11H2,1-2H3. The number of nitrogens with zero attached hydrogens (tertiary/aromatic N) is 3. The van der Waals surface area contributed by atoms with Gasteiger partial charge in [0.15, 0.2) is 0 Å². The zero-order valence-electron chi connectivity index (χ0n) is 11.9. The lowest BCUT2D eigenvalue weighted by Crippen LogP contribution is -2.17. The van der Waals surface area contributed by atoms with Crippen molar-refractivity contribution in [2.45, 2.75) is 13.5 Å². The van der Waals surface area contributed by atoms with Crippen LogP contribution in [0.4, 0.5) is 11.4 Å². The molecule has 0 N–H and O–H groups in total. The average molecular weight is 281 g/mol. The Balaban J connectivity index is 2.30. The highest BCUT2D eigenvalue weighted by Crippen LogP contribution is 2.25. The third-order valence-corrected chi connectivity index (χ3v) is 3.41. The first-order chi connectivity index (χ1) is 10.0. The summed E-state index contributed by atoms with van der Waals surface area (Å²) >= 11 is 0. The zero-order chi connectivity index (χ0) is 15.4. The molecule has 0 saturated carbocycles. The minimum Gasteiger partial charge on any atom is -0.370 e. The first-order valence-electron chi connectivity index (χ1n) is 6.47. The van der Waals surface area contributed by atoms with Crippen molar-refractivity contribution >= 4 is 11.4 Å². The maximum absolute atomic E-state index is 11.0. The molecule has 0 aromatic heterocycles. The van der Waals surface area contributed by atoms with Gasteiger partial charge in [-0.3, -0.25) is 10.1 Å². The van der Waals surface area contributed by atoms with Gasteiger partial charge < -0.3 is 4.90 Å². The molecule has 2 aromatic carbocycles. The van der Waals surface area contributed by atoms with E-state index in [1.165, 1.54) is 17.7 Å². The summed E-state index contributed by atoms with van der Waals surface area (Å²) in [6.45, 7) is 2.68. The molecule has 5 heteroatoms. The highest BCUT2D eigenvalue weighted by Gasteiger charge is 2.16. The lowest BCUT2D eigenvalue weighted by molar-refractivity contribution is -0.385. The third kappa shape index (κ3) is 3.18. The third-order valence-electron chi connectivity index (χ3n) is 3.41. The quantitative estimate of drug-likeness (QED) is 0.636. The number of anilines is 1. The lowest BCUT2D eigenvalue weighted by Gasteiger charge is -2.20. The molecule has 5 nitrogen and oxygen atoms in total. The van der Waals surface area contributed by atoms with Crippen molar-refractivity contribution in [3.63, 3.8) is 0 Å². The Morgan fingerprint density at radius 3 is 2.62 bits per heavy atom. The van der Waals surface area contributed by atoms with Gasteiger partial charge in [0, 0.05) is 25.3 Å². The van der Waals surface area contributed by atoms with Gasteiger partial charge in [0.25, 0.3) is 5.69 Å². The molecule has 0 fully saturated rings. The normalized spacial score (nSPS) is 9.95. The van der Waals surface area contributed by atoms with Gasteiger partial charge in [0.1, 0.15) is 11.6 Å². The van der Waals surface area contributed by atoms with E-state index in [1.807, 2.05) is 49.2 Å². The Kier molecular flexibility index (Phi) is 4.19. The maximum atomic E-state index is 11.0. The van der Waals surface area contributed by atoms with Crippen molar-refractivity contribution in [3.05, 3.63) is 69.3 Å². The molecule has 0 radical (unpaired) electrons. The van der Waals surface area contributed by atoms with E-state index in [2.05, 4.69) is 0 Å². The van der Waals surface area contributed by atoms with Crippen LogP contribution in [0.1, 0.15) is 16.7 Å². The zero-order valence-corrected chi connectivity index (χ0v) is 11.9. The molecule has 0 unspecified atom stereocenters. The summed E-state index contributed by atoms with van der Waals surface area (Å²) in [5, 5.41) is 19.9. The van der Waals surface area contributed by atoms with Crippen molar-refractivity contribution in [2.75, 3.05) is 11.9 Å². The highest BCUT2D eigenvalue weighted by atomic mass is 16.6. The van der Waals surface area contributed by atoms with Crippen molar-refractivity contribution in [3.8, 4) is 6.07 Å². The Bertz CT molecular complexity index is 720. The van der Waals surface area contributed by atoms with Crippen LogP contribution >= 0.6 is 0 Å². The number of nitro groups is 1. The summed E-state index contributed by atoms with van der Waals surface area (Å²) in [7, 11) is 1.87. The van der Waals surface area contributed by atoms with E-state index < -0.39 is 4.92 Å². The Morgan fingerprint density at radius 2 is 2.00 bits per heavy atom. The smallest absolute Gasteiger partial charge is 0.289 e. The molecular formula is C16H15N3O2. The largest absolute Gasteiger partial charge is 0.370 e. The fourth-order valence-corrected chi connectivity index (χ4v) is 2.14. The summed E-state index contributed by atoms with van der Waals surface area (Å²) < 4.78 is 0. The number of benzene rings is 2. The first-order valence-corrected chi connectivity index (χ1v) is 6.47. The Hall–Kier alpha value is -2.87. The van der Waals surface area contributed by atoms with Crippen LogP contribution < -0.4 is 4.90 Å². The van der Waals surface area contributed by atoms with Crippen molar-refractivity contribution in [2.24, 2.45) is 0 Å². The van der Waals surface area contributed by atoms with Crippen LogP contribution in [-0.4, -0.2) is 12.0 Å². The second-order valence-electron chi connectivity index (χ2n) is 4.85.